The summed E-state index contributed by atoms with van der Waals surface area (Å²) in [5.74, 6) is 1.04. The number of fused-ring (bicyclic) bond motifs is 1. The Kier molecular flexibility index (Phi) is 4.00. The molecule has 0 atom stereocenters. The molecule has 1 aromatic rings. The van der Waals surface area contributed by atoms with Crippen LogP contribution in [0, 0.1) is 0 Å². The van der Waals surface area contributed by atoms with E-state index >= 15 is 0 Å². The second-order valence-corrected chi connectivity index (χ2v) is 4.92. The van der Waals surface area contributed by atoms with Crippen LogP contribution in [0.25, 0.3) is 0 Å². The molecule has 4 heteroatoms. The Morgan fingerprint density at radius 1 is 1.26 bits per heavy atom. The highest BCUT2D eigenvalue weighted by molar-refractivity contribution is 5.94. The molecule has 0 aromatic heterocycles. The number of benzene rings is 1. The number of amidine groups is 1. The predicted octanol–water partition coefficient (Wildman–Crippen LogP) is 2.01. The molecule has 3 N–H and O–H groups in total. The number of hydrogen-bond acceptors (Lipinski definition) is 1. The maximum absolute atomic E-state index is 5.86. The molecule has 1 aliphatic carbocycles. The van der Waals surface area contributed by atoms with E-state index in [1.165, 1.54) is 11.1 Å². The van der Waals surface area contributed by atoms with Crippen molar-refractivity contribution >= 4 is 11.8 Å². The van der Waals surface area contributed by atoms with Gasteiger partial charge >= 0.3 is 0 Å². The number of hydrogen-bond donors (Lipinski definition) is 2. The van der Waals surface area contributed by atoms with Crippen LogP contribution in [-0.4, -0.2) is 17.8 Å². The zero-order valence-electron chi connectivity index (χ0n) is 11.5. The van der Waals surface area contributed by atoms with Crippen molar-refractivity contribution < 1.29 is 0 Å². The third kappa shape index (κ3) is 3.68. The van der Waals surface area contributed by atoms with Crippen molar-refractivity contribution in [3.63, 3.8) is 0 Å². The molecule has 19 heavy (non-hydrogen) atoms. The summed E-state index contributed by atoms with van der Waals surface area (Å²) in [5.41, 5.74) is 9.42. The molecule has 1 aliphatic rings. The smallest absolute Gasteiger partial charge is 0.217 e. The van der Waals surface area contributed by atoms with Crippen molar-refractivity contribution in [3.05, 3.63) is 47.7 Å². The van der Waals surface area contributed by atoms with E-state index in [0.717, 1.165) is 18.5 Å². The molecule has 2 rings (SSSR count). The van der Waals surface area contributed by atoms with Gasteiger partial charge in [0, 0.05) is 5.70 Å². The lowest BCUT2D eigenvalue weighted by molar-refractivity contribution is 0.721. The van der Waals surface area contributed by atoms with E-state index in [2.05, 4.69) is 46.1 Å². The van der Waals surface area contributed by atoms with Gasteiger partial charge in [0.25, 0.3) is 0 Å². The Balaban J connectivity index is 2.02. The van der Waals surface area contributed by atoms with Crippen molar-refractivity contribution in [3.8, 4) is 0 Å². The molecule has 100 valence electrons. The summed E-state index contributed by atoms with van der Waals surface area (Å²) in [6, 6.07) is 8.63. The molecular weight excluding hydrogens is 236 g/mol. The molecule has 0 fully saturated rings. The Labute approximate surface area is 114 Å². The van der Waals surface area contributed by atoms with Gasteiger partial charge in [-0.1, -0.05) is 30.8 Å². The van der Waals surface area contributed by atoms with Crippen molar-refractivity contribution in [2.45, 2.75) is 32.7 Å². The Morgan fingerprint density at radius 2 is 1.84 bits per heavy atom. The maximum Gasteiger partial charge on any atom is 0.217 e. The average Bonchev–Trinajstić information content (AvgIpc) is 2.68. The van der Waals surface area contributed by atoms with E-state index in [0.29, 0.717) is 11.8 Å². The minimum absolute atomic E-state index is 0.207. The number of allylic oxidation sites excluding steroid dienone is 1. The first-order chi connectivity index (χ1) is 9.04. The normalized spacial score (nSPS) is 16.3. The Hall–Kier alpha value is -2.10. The largest absolute Gasteiger partial charge is 0.368 e. The minimum Gasteiger partial charge on any atom is -0.368 e. The third-order valence-corrected chi connectivity index (χ3v) is 3.02. The van der Waals surface area contributed by atoms with Gasteiger partial charge in [0.2, 0.25) is 5.96 Å². The SMILES string of the molecule is C=C(C)NC(C)=NC(N)=NC1Cc2ccccc2C1. The van der Waals surface area contributed by atoms with Crippen molar-refractivity contribution in [2.75, 3.05) is 0 Å². The second kappa shape index (κ2) is 5.69. The van der Waals surface area contributed by atoms with Crippen LogP contribution < -0.4 is 11.1 Å². The zero-order valence-corrected chi connectivity index (χ0v) is 11.5. The molecule has 0 saturated heterocycles. The van der Waals surface area contributed by atoms with Gasteiger partial charge in [-0.2, -0.15) is 0 Å². The van der Waals surface area contributed by atoms with Crippen LogP contribution in [0.5, 0.6) is 0 Å². The molecule has 0 bridgehead atoms. The lowest BCUT2D eigenvalue weighted by Crippen LogP contribution is -2.23. The average molecular weight is 256 g/mol. The monoisotopic (exact) mass is 256 g/mol. The first kappa shape index (κ1) is 13.3. The Morgan fingerprint density at radius 3 is 2.37 bits per heavy atom. The maximum atomic E-state index is 5.86. The number of nitrogens with zero attached hydrogens (tertiary/aromatic N) is 2. The standard InChI is InChI=1S/C15H20N4/c1-10(2)17-11(3)18-15(16)19-14-8-12-6-4-5-7-13(12)9-14/h4-7,14H,1,8-9H2,2-3H3,(H3,16,17,18,19). The van der Waals surface area contributed by atoms with Crippen LogP contribution in [-0.2, 0) is 12.8 Å². The number of aliphatic imine (C=N–C) groups is 2. The topological polar surface area (TPSA) is 62.8 Å². The predicted molar refractivity (Wildman–Crippen MR) is 80.3 cm³/mol. The highest BCUT2D eigenvalue weighted by atomic mass is 15.1. The van der Waals surface area contributed by atoms with E-state index < -0.39 is 0 Å². The molecule has 0 unspecified atom stereocenters. The highest BCUT2D eigenvalue weighted by Crippen LogP contribution is 2.23. The summed E-state index contributed by atoms with van der Waals surface area (Å²) in [4.78, 5) is 8.69. The number of nitrogens with one attached hydrogen (secondary N) is 1. The second-order valence-electron chi connectivity index (χ2n) is 4.92. The van der Waals surface area contributed by atoms with Crippen LogP contribution in [0.4, 0.5) is 0 Å². The molecule has 0 amide bonds. The quantitative estimate of drug-likeness (QED) is 0.628. The first-order valence-electron chi connectivity index (χ1n) is 6.42. The van der Waals surface area contributed by atoms with Crippen LogP contribution >= 0.6 is 0 Å². The van der Waals surface area contributed by atoms with Gasteiger partial charge in [0.1, 0.15) is 5.84 Å². The summed E-state index contributed by atoms with van der Waals surface area (Å²) < 4.78 is 0. The van der Waals surface area contributed by atoms with Gasteiger partial charge in [-0.3, -0.25) is 0 Å². The molecule has 0 saturated carbocycles. The summed E-state index contributed by atoms with van der Waals surface area (Å²) in [7, 11) is 0. The lowest BCUT2D eigenvalue weighted by Gasteiger charge is -2.05. The number of rotatable bonds is 2. The fraction of sp³-hybridized carbons (Fsp3) is 0.333. The van der Waals surface area contributed by atoms with E-state index in [9.17, 15) is 0 Å². The summed E-state index contributed by atoms with van der Waals surface area (Å²) >= 11 is 0. The third-order valence-electron chi connectivity index (χ3n) is 3.02. The van der Waals surface area contributed by atoms with Crippen molar-refractivity contribution in [1.29, 1.82) is 0 Å². The van der Waals surface area contributed by atoms with Gasteiger partial charge < -0.3 is 11.1 Å². The molecule has 4 nitrogen and oxygen atoms in total. The lowest BCUT2D eigenvalue weighted by atomic mass is 10.1. The molecule has 0 spiro atoms. The molecule has 0 aliphatic heterocycles. The van der Waals surface area contributed by atoms with Crippen LogP contribution in [0.1, 0.15) is 25.0 Å². The highest BCUT2D eigenvalue weighted by Gasteiger charge is 2.20. The summed E-state index contributed by atoms with van der Waals surface area (Å²) in [6.45, 7) is 7.48. The molecule has 0 heterocycles. The first-order valence-corrected chi connectivity index (χ1v) is 6.42. The van der Waals surface area contributed by atoms with Gasteiger partial charge in [0.15, 0.2) is 0 Å². The Bertz CT molecular complexity index is 518. The molecular formula is C15H20N4. The van der Waals surface area contributed by atoms with Gasteiger partial charge in [0.05, 0.1) is 6.04 Å². The van der Waals surface area contributed by atoms with Crippen LogP contribution in [0.15, 0.2) is 46.5 Å². The van der Waals surface area contributed by atoms with E-state index in [1.54, 1.807) is 0 Å². The number of guanidine groups is 1. The molecule has 1 aromatic carbocycles. The van der Waals surface area contributed by atoms with E-state index in [-0.39, 0.29) is 6.04 Å². The molecule has 0 radical (unpaired) electrons. The summed E-state index contributed by atoms with van der Waals surface area (Å²) in [6.07, 6.45) is 1.89. The fourth-order valence-electron chi connectivity index (χ4n) is 2.35. The van der Waals surface area contributed by atoms with Gasteiger partial charge in [-0.15, -0.1) is 0 Å². The van der Waals surface area contributed by atoms with Gasteiger partial charge in [-0.25, -0.2) is 9.98 Å². The summed E-state index contributed by atoms with van der Waals surface area (Å²) in [5, 5.41) is 3.01. The zero-order chi connectivity index (χ0) is 13.8. The van der Waals surface area contributed by atoms with Gasteiger partial charge in [-0.05, 0) is 37.8 Å². The van der Waals surface area contributed by atoms with Crippen LogP contribution in [0.3, 0.4) is 0 Å². The fourth-order valence-corrected chi connectivity index (χ4v) is 2.35. The van der Waals surface area contributed by atoms with E-state index in [1.807, 2.05) is 13.8 Å². The van der Waals surface area contributed by atoms with Crippen molar-refractivity contribution in [2.24, 2.45) is 15.7 Å². The number of nitrogens with two attached hydrogens (primary N) is 1. The van der Waals surface area contributed by atoms with E-state index in [4.69, 9.17) is 5.73 Å². The van der Waals surface area contributed by atoms with Crippen molar-refractivity contribution in [1.82, 2.24) is 5.32 Å². The minimum atomic E-state index is 0.207. The van der Waals surface area contributed by atoms with Crippen LogP contribution in [0.2, 0.25) is 0 Å².